The number of rotatable bonds is 8. The number of thiophene rings is 1. The van der Waals surface area contributed by atoms with Gasteiger partial charge in [0.2, 0.25) is 10.0 Å². The lowest BCUT2D eigenvalue weighted by Crippen LogP contribution is -2.42. The number of hydrogen-bond acceptors (Lipinski definition) is 5. The van der Waals surface area contributed by atoms with Crippen molar-refractivity contribution >= 4 is 21.4 Å². The zero-order valence-electron chi connectivity index (χ0n) is 12.5. The van der Waals surface area contributed by atoms with E-state index in [9.17, 15) is 13.5 Å². The molecule has 0 aliphatic rings. The number of nitrogens with one attached hydrogen (secondary N) is 1. The van der Waals surface area contributed by atoms with Crippen LogP contribution in [0.1, 0.15) is 31.2 Å². The van der Waals surface area contributed by atoms with Crippen molar-refractivity contribution < 1.29 is 13.5 Å². The van der Waals surface area contributed by atoms with Gasteiger partial charge in [-0.2, -0.15) is 0 Å². The molecule has 1 aromatic heterocycles. The first-order valence-electron chi connectivity index (χ1n) is 6.78. The SMILES string of the molecule is CCN(CC)CC(C)NS(=O)(=O)c1c(C)csc1CO. The minimum Gasteiger partial charge on any atom is -0.391 e. The smallest absolute Gasteiger partial charge is 0.242 e. The summed E-state index contributed by atoms with van der Waals surface area (Å²) in [4.78, 5) is 2.89. The summed E-state index contributed by atoms with van der Waals surface area (Å²) in [6, 6.07) is -0.175. The highest BCUT2D eigenvalue weighted by Gasteiger charge is 2.24. The molecule has 0 aromatic carbocycles. The Morgan fingerprint density at radius 1 is 1.40 bits per heavy atom. The third kappa shape index (κ3) is 4.26. The summed E-state index contributed by atoms with van der Waals surface area (Å²) in [6.07, 6.45) is 0. The van der Waals surface area contributed by atoms with E-state index in [4.69, 9.17) is 0 Å². The van der Waals surface area contributed by atoms with Gasteiger partial charge in [0.25, 0.3) is 0 Å². The number of sulfonamides is 1. The lowest BCUT2D eigenvalue weighted by Gasteiger charge is -2.23. The number of likely N-dealkylation sites (N-methyl/N-ethyl adjacent to an activating group) is 1. The van der Waals surface area contributed by atoms with Gasteiger partial charge in [0.05, 0.1) is 11.5 Å². The molecule has 1 rings (SSSR count). The summed E-state index contributed by atoms with van der Waals surface area (Å²) < 4.78 is 27.6. The number of nitrogens with zero attached hydrogens (tertiary/aromatic N) is 1. The zero-order valence-corrected chi connectivity index (χ0v) is 14.1. The summed E-state index contributed by atoms with van der Waals surface area (Å²) in [7, 11) is -3.58. The van der Waals surface area contributed by atoms with Gasteiger partial charge in [0.1, 0.15) is 4.90 Å². The maximum atomic E-state index is 12.4. The second-order valence-electron chi connectivity index (χ2n) is 4.84. The predicted octanol–water partition coefficient (Wildman–Crippen LogP) is 1.56. The van der Waals surface area contributed by atoms with E-state index < -0.39 is 10.0 Å². The van der Waals surface area contributed by atoms with Crippen molar-refractivity contribution in [3.63, 3.8) is 0 Å². The normalized spacial score (nSPS) is 13.9. The van der Waals surface area contributed by atoms with Crippen LogP contribution in [0.2, 0.25) is 0 Å². The van der Waals surface area contributed by atoms with E-state index in [1.54, 1.807) is 12.3 Å². The maximum Gasteiger partial charge on any atom is 0.242 e. The van der Waals surface area contributed by atoms with Gasteiger partial charge in [-0.3, -0.25) is 0 Å². The highest BCUT2D eigenvalue weighted by atomic mass is 32.2. The summed E-state index contributed by atoms with van der Waals surface area (Å²) >= 11 is 1.27. The van der Waals surface area contributed by atoms with E-state index in [2.05, 4.69) is 23.5 Å². The molecule has 1 unspecified atom stereocenters. The summed E-state index contributed by atoms with van der Waals surface area (Å²) in [5.74, 6) is 0. The third-order valence-corrected chi connectivity index (χ3v) is 6.22. The van der Waals surface area contributed by atoms with Gasteiger partial charge in [-0.1, -0.05) is 13.8 Å². The maximum absolute atomic E-state index is 12.4. The van der Waals surface area contributed by atoms with Gasteiger partial charge in [-0.05, 0) is 37.9 Å². The molecule has 116 valence electrons. The standard InChI is InChI=1S/C13H24N2O3S2/c1-5-15(6-2)7-11(4)14-20(17,18)13-10(3)9-19-12(13)8-16/h9,11,14,16H,5-8H2,1-4H3. The van der Waals surface area contributed by atoms with E-state index >= 15 is 0 Å². The van der Waals surface area contributed by atoms with Crippen LogP contribution in [0.15, 0.2) is 10.3 Å². The minimum absolute atomic E-state index is 0.175. The molecule has 0 spiro atoms. The van der Waals surface area contributed by atoms with Gasteiger partial charge in [-0.25, -0.2) is 13.1 Å². The van der Waals surface area contributed by atoms with E-state index in [-0.39, 0.29) is 17.5 Å². The van der Waals surface area contributed by atoms with Crippen molar-refractivity contribution in [3.05, 3.63) is 15.8 Å². The summed E-state index contributed by atoms with van der Waals surface area (Å²) in [5, 5.41) is 11.0. The average Bonchev–Trinajstić information content (AvgIpc) is 2.77. The first-order valence-corrected chi connectivity index (χ1v) is 9.14. The van der Waals surface area contributed by atoms with Crippen LogP contribution in [0.4, 0.5) is 0 Å². The highest BCUT2D eigenvalue weighted by Crippen LogP contribution is 2.26. The van der Waals surface area contributed by atoms with E-state index in [0.29, 0.717) is 17.0 Å². The molecule has 0 radical (unpaired) electrons. The van der Waals surface area contributed by atoms with Crippen LogP contribution in [0.3, 0.4) is 0 Å². The Morgan fingerprint density at radius 3 is 2.50 bits per heavy atom. The molecule has 1 heterocycles. The first-order chi connectivity index (χ1) is 9.35. The Kier molecular flexibility index (Phi) is 6.60. The molecule has 0 aliphatic carbocycles. The van der Waals surface area contributed by atoms with E-state index in [1.807, 2.05) is 6.92 Å². The molecule has 20 heavy (non-hydrogen) atoms. The molecule has 0 saturated carbocycles. The summed E-state index contributed by atoms with van der Waals surface area (Å²) in [6.45, 7) is 9.91. The van der Waals surface area contributed by atoms with Crippen LogP contribution in [0, 0.1) is 6.92 Å². The monoisotopic (exact) mass is 320 g/mol. The Labute approximate surface area is 125 Å². The molecule has 7 heteroatoms. The molecule has 0 aliphatic heterocycles. The molecule has 0 saturated heterocycles. The van der Waals surface area contributed by atoms with Crippen molar-refractivity contribution in [1.82, 2.24) is 9.62 Å². The molecule has 0 bridgehead atoms. The van der Waals surface area contributed by atoms with Crippen LogP contribution >= 0.6 is 11.3 Å². The third-order valence-electron chi connectivity index (χ3n) is 3.18. The topological polar surface area (TPSA) is 69.6 Å². The van der Waals surface area contributed by atoms with Gasteiger partial charge in [0.15, 0.2) is 0 Å². The molecule has 0 amide bonds. The van der Waals surface area contributed by atoms with Crippen molar-refractivity contribution in [2.45, 2.75) is 45.2 Å². The molecule has 5 nitrogen and oxygen atoms in total. The predicted molar refractivity (Wildman–Crippen MR) is 82.6 cm³/mol. The second-order valence-corrected chi connectivity index (χ2v) is 7.45. The van der Waals surface area contributed by atoms with Gasteiger partial charge < -0.3 is 10.0 Å². The molecule has 1 atom stereocenters. The molecule has 1 aromatic rings. The average molecular weight is 320 g/mol. The van der Waals surface area contributed by atoms with Gasteiger partial charge in [0, 0.05) is 12.6 Å². The molecule has 0 fully saturated rings. The van der Waals surface area contributed by atoms with Crippen LogP contribution < -0.4 is 4.72 Å². The van der Waals surface area contributed by atoms with Crippen molar-refractivity contribution in [2.24, 2.45) is 0 Å². The van der Waals surface area contributed by atoms with Crippen molar-refractivity contribution in [2.75, 3.05) is 19.6 Å². The van der Waals surface area contributed by atoms with Crippen LogP contribution in [0.25, 0.3) is 0 Å². The number of hydrogen-bond donors (Lipinski definition) is 2. The highest BCUT2D eigenvalue weighted by molar-refractivity contribution is 7.89. The Balaban J connectivity index is 2.87. The number of aryl methyl sites for hydroxylation is 1. The zero-order chi connectivity index (χ0) is 15.3. The number of aliphatic hydroxyl groups excluding tert-OH is 1. The van der Waals surface area contributed by atoms with E-state index in [0.717, 1.165) is 13.1 Å². The lowest BCUT2D eigenvalue weighted by molar-refractivity contribution is 0.280. The van der Waals surface area contributed by atoms with Crippen molar-refractivity contribution in [3.8, 4) is 0 Å². The Morgan fingerprint density at radius 2 is 2.00 bits per heavy atom. The minimum atomic E-state index is -3.58. The van der Waals surface area contributed by atoms with Gasteiger partial charge in [-0.15, -0.1) is 11.3 Å². The first kappa shape index (κ1) is 17.6. The lowest BCUT2D eigenvalue weighted by atomic mass is 10.3. The number of aliphatic hydroxyl groups is 1. The molecular weight excluding hydrogens is 296 g/mol. The summed E-state index contributed by atoms with van der Waals surface area (Å²) in [5.41, 5.74) is 0.682. The molecular formula is C13H24N2O3S2. The quantitative estimate of drug-likeness (QED) is 0.762. The fourth-order valence-corrected chi connectivity index (χ4v) is 5.08. The van der Waals surface area contributed by atoms with E-state index in [1.165, 1.54) is 11.3 Å². The second kappa shape index (κ2) is 7.51. The molecule has 2 N–H and O–H groups in total. The van der Waals surface area contributed by atoms with Gasteiger partial charge >= 0.3 is 0 Å². The van der Waals surface area contributed by atoms with Crippen molar-refractivity contribution in [1.29, 1.82) is 0 Å². The Bertz CT molecular complexity index is 522. The van der Waals surface area contributed by atoms with Crippen LogP contribution in [-0.2, 0) is 16.6 Å². The largest absolute Gasteiger partial charge is 0.391 e. The van der Waals surface area contributed by atoms with Crippen LogP contribution in [0.5, 0.6) is 0 Å². The Hall–Kier alpha value is -0.470. The fraction of sp³-hybridized carbons (Fsp3) is 0.692. The fourth-order valence-electron chi connectivity index (χ4n) is 2.19. The van der Waals surface area contributed by atoms with Crippen LogP contribution in [-0.4, -0.2) is 44.1 Å².